The normalized spacial score (nSPS) is 11.8. The molecule has 132 valence electrons. The highest BCUT2D eigenvalue weighted by atomic mass is 16.2. The van der Waals surface area contributed by atoms with Crippen LogP contribution < -0.4 is 10.6 Å². The highest BCUT2D eigenvalue weighted by molar-refractivity contribution is 6.09. The molecule has 0 radical (unpaired) electrons. The number of rotatable bonds is 5. The molecule has 3 aromatic rings. The molecule has 2 amide bonds. The molecular weight excluding hydrogens is 328 g/mol. The minimum absolute atomic E-state index is 0.0572. The Hall–Kier alpha value is -3.28. The number of benzene rings is 1. The largest absolute Gasteiger partial charge is 0.350 e. The first-order valence-electron chi connectivity index (χ1n) is 8.49. The second-order valence-corrected chi connectivity index (χ2v) is 6.08. The quantitative estimate of drug-likeness (QED) is 0.740. The van der Waals surface area contributed by atoms with E-state index in [1.54, 1.807) is 18.3 Å². The van der Waals surface area contributed by atoms with Crippen molar-refractivity contribution in [2.75, 3.05) is 5.32 Å². The number of para-hydroxylation sites is 1. The fourth-order valence-corrected chi connectivity index (χ4v) is 2.50. The molecule has 0 fully saturated rings. The number of fused-ring (bicyclic) bond motifs is 1. The molecule has 0 saturated carbocycles. The van der Waals surface area contributed by atoms with E-state index >= 15 is 0 Å². The Labute approximate surface area is 151 Å². The molecule has 2 heterocycles. The van der Waals surface area contributed by atoms with Gasteiger partial charge in [0.25, 0.3) is 11.8 Å². The Morgan fingerprint density at radius 2 is 1.81 bits per heavy atom. The summed E-state index contributed by atoms with van der Waals surface area (Å²) >= 11 is 0. The summed E-state index contributed by atoms with van der Waals surface area (Å²) in [5.74, 6) is -0.581. The van der Waals surface area contributed by atoms with Crippen LogP contribution in [0.4, 0.5) is 5.69 Å². The van der Waals surface area contributed by atoms with Crippen LogP contribution in [-0.4, -0.2) is 27.8 Å². The van der Waals surface area contributed by atoms with Crippen LogP contribution in [-0.2, 0) is 0 Å². The number of carbonyl (C=O) groups is 2. The van der Waals surface area contributed by atoms with Gasteiger partial charge in [0.2, 0.25) is 0 Å². The number of aromatic nitrogens is 2. The van der Waals surface area contributed by atoms with Gasteiger partial charge in [-0.15, -0.1) is 0 Å². The van der Waals surface area contributed by atoms with Crippen LogP contribution >= 0.6 is 0 Å². The smallest absolute Gasteiger partial charge is 0.257 e. The molecule has 1 aromatic carbocycles. The van der Waals surface area contributed by atoms with Gasteiger partial charge in [0.15, 0.2) is 0 Å². The van der Waals surface area contributed by atoms with Gasteiger partial charge in [-0.05, 0) is 31.5 Å². The van der Waals surface area contributed by atoms with Crippen molar-refractivity contribution in [3.63, 3.8) is 0 Å². The van der Waals surface area contributed by atoms with Crippen molar-refractivity contribution in [2.24, 2.45) is 0 Å². The number of hydrogen-bond donors (Lipinski definition) is 2. The predicted octanol–water partition coefficient (Wildman–Crippen LogP) is 3.41. The topological polar surface area (TPSA) is 84.0 Å². The third kappa shape index (κ3) is 3.85. The monoisotopic (exact) mass is 348 g/mol. The molecule has 2 N–H and O–H groups in total. The Balaban J connectivity index is 1.82. The van der Waals surface area contributed by atoms with Crippen molar-refractivity contribution < 1.29 is 9.59 Å². The maximum Gasteiger partial charge on any atom is 0.257 e. The van der Waals surface area contributed by atoms with Crippen LogP contribution in [0.25, 0.3) is 10.9 Å². The van der Waals surface area contributed by atoms with Gasteiger partial charge >= 0.3 is 0 Å². The van der Waals surface area contributed by atoms with Crippen LogP contribution in [0.3, 0.4) is 0 Å². The third-order valence-corrected chi connectivity index (χ3v) is 4.13. The number of anilines is 1. The van der Waals surface area contributed by atoms with Gasteiger partial charge in [-0.3, -0.25) is 19.6 Å². The minimum atomic E-state index is -0.339. The lowest BCUT2D eigenvalue weighted by Crippen LogP contribution is -2.32. The standard InChI is InChI=1S/C20H20N4O2/c1-3-13(2)23-19(25)15-10-16(12-21-11-15)20(26)24-17-8-4-6-14-7-5-9-22-18(14)17/h4-13H,3H2,1-2H3,(H,23,25)(H,24,26). The van der Waals surface area contributed by atoms with Crippen molar-refractivity contribution >= 4 is 28.4 Å². The summed E-state index contributed by atoms with van der Waals surface area (Å²) in [4.78, 5) is 33.2. The zero-order chi connectivity index (χ0) is 18.5. The van der Waals surface area contributed by atoms with Crippen LogP contribution in [0.1, 0.15) is 41.0 Å². The summed E-state index contributed by atoms with van der Waals surface area (Å²) in [6, 6.07) is 10.9. The van der Waals surface area contributed by atoms with Gasteiger partial charge in [-0.25, -0.2) is 0 Å². The van der Waals surface area contributed by atoms with Crippen molar-refractivity contribution in [3.8, 4) is 0 Å². The summed E-state index contributed by atoms with van der Waals surface area (Å²) in [7, 11) is 0. The SMILES string of the molecule is CCC(C)NC(=O)c1cncc(C(=O)Nc2cccc3cccnc23)c1. The van der Waals surface area contributed by atoms with E-state index in [-0.39, 0.29) is 17.9 Å². The summed E-state index contributed by atoms with van der Waals surface area (Å²) in [6.07, 6.45) is 5.40. The molecule has 0 bridgehead atoms. The van der Waals surface area contributed by atoms with Crippen LogP contribution in [0.5, 0.6) is 0 Å². The molecule has 1 unspecified atom stereocenters. The number of hydrogen-bond acceptors (Lipinski definition) is 4. The van der Waals surface area contributed by atoms with E-state index in [9.17, 15) is 9.59 Å². The second-order valence-electron chi connectivity index (χ2n) is 6.08. The van der Waals surface area contributed by atoms with Crippen LogP contribution in [0, 0.1) is 0 Å². The second kappa shape index (κ2) is 7.74. The number of nitrogens with one attached hydrogen (secondary N) is 2. The zero-order valence-electron chi connectivity index (χ0n) is 14.7. The van der Waals surface area contributed by atoms with Crippen molar-refractivity contribution in [2.45, 2.75) is 26.3 Å². The summed E-state index contributed by atoms with van der Waals surface area (Å²) in [5, 5.41) is 6.65. The van der Waals surface area contributed by atoms with Gasteiger partial charge in [-0.1, -0.05) is 25.1 Å². The Morgan fingerprint density at radius 1 is 1.08 bits per heavy atom. The van der Waals surface area contributed by atoms with E-state index in [0.29, 0.717) is 22.3 Å². The molecule has 0 aliphatic carbocycles. The maximum absolute atomic E-state index is 12.6. The number of pyridine rings is 2. The van der Waals surface area contributed by atoms with Gasteiger partial charge in [-0.2, -0.15) is 0 Å². The van der Waals surface area contributed by atoms with Crippen molar-refractivity contribution in [1.82, 2.24) is 15.3 Å². The molecule has 0 aliphatic rings. The predicted molar refractivity (Wildman–Crippen MR) is 101 cm³/mol. The van der Waals surface area contributed by atoms with E-state index in [4.69, 9.17) is 0 Å². The van der Waals surface area contributed by atoms with Crippen molar-refractivity contribution in [3.05, 3.63) is 66.1 Å². The fourth-order valence-electron chi connectivity index (χ4n) is 2.50. The maximum atomic E-state index is 12.6. The van der Waals surface area contributed by atoms with E-state index in [2.05, 4.69) is 20.6 Å². The fraction of sp³-hybridized carbons (Fsp3) is 0.200. The molecule has 6 nitrogen and oxygen atoms in total. The zero-order valence-corrected chi connectivity index (χ0v) is 14.7. The van der Waals surface area contributed by atoms with Gasteiger partial charge < -0.3 is 10.6 Å². The molecule has 2 aromatic heterocycles. The molecule has 6 heteroatoms. The molecule has 0 spiro atoms. The lowest BCUT2D eigenvalue weighted by Gasteiger charge is -2.12. The van der Waals surface area contributed by atoms with E-state index in [0.717, 1.165) is 11.8 Å². The summed E-state index contributed by atoms with van der Waals surface area (Å²) in [5.41, 5.74) is 1.99. The molecular formula is C20H20N4O2. The van der Waals surface area contributed by atoms with Crippen LogP contribution in [0.15, 0.2) is 55.0 Å². The molecule has 1 atom stereocenters. The van der Waals surface area contributed by atoms with Gasteiger partial charge in [0.1, 0.15) is 0 Å². The first kappa shape index (κ1) is 17.5. The first-order chi connectivity index (χ1) is 12.6. The van der Waals surface area contributed by atoms with Gasteiger partial charge in [0.05, 0.1) is 22.3 Å². The van der Waals surface area contributed by atoms with Gasteiger partial charge in [0, 0.05) is 30.0 Å². The molecule has 3 rings (SSSR count). The highest BCUT2D eigenvalue weighted by Gasteiger charge is 2.14. The van der Waals surface area contributed by atoms with E-state index < -0.39 is 0 Å². The van der Waals surface area contributed by atoms with Crippen molar-refractivity contribution in [1.29, 1.82) is 0 Å². The summed E-state index contributed by atoms with van der Waals surface area (Å²) < 4.78 is 0. The lowest BCUT2D eigenvalue weighted by atomic mass is 10.1. The number of nitrogens with zero attached hydrogens (tertiary/aromatic N) is 2. The Bertz CT molecular complexity index is 950. The summed E-state index contributed by atoms with van der Waals surface area (Å²) in [6.45, 7) is 3.92. The molecule has 26 heavy (non-hydrogen) atoms. The minimum Gasteiger partial charge on any atom is -0.350 e. The number of carbonyl (C=O) groups excluding carboxylic acids is 2. The van der Waals surface area contributed by atoms with E-state index in [1.807, 2.05) is 38.1 Å². The molecule has 0 aliphatic heterocycles. The highest BCUT2D eigenvalue weighted by Crippen LogP contribution is 2.21. The first-order valence-corrected chi connectivity index (χ1v) is 8.49. The van der Waals surface area contributed by atoms with Crippen LogP contribution in [0.2, 0.25) is 0 Å². The average Bonchev–Trinajstić information content (AvgIpc) is 2.68. The Morgan fingerprint density at radius 3 is 2.58 bits per heavy atom. The average molecular weight is 348 g/mol. The lowest BCUT2D eigenvalue weighted by molar-refractivity contribution is 0.0939. The number of amides is 2. The molecule has 0 saturated heterocycles. The third-order valence-electron chi connectivity index (χ3n) is 4.13. The van der Waals surface area contributed by atoms with E-state index in [1.165, 1.54) is 12.4 Å². The Kier molecular flexibility index (Phi) is 5.22.